The van der Waals surface area contributed by atoms with Crippen molar-refractivity contribution in [1.29, 1.82) is 0 Å². The highest BCUT2D eigenvalue weighted by molar-refractivity contribution is 8.00. The van der Waals surface area contributed by atoms with Gasteiger partial charge in [-0.3, -0.25) is 9.69 Å². The first kappa shape index (κ1) is 13.6. The van der Waals surface area contributed by atoms with Crippen LogP contribution in [0.15, 0.2) is 24.3 Å². The summed E-state index contributed by atoms with van der Waals surface area (Å²) in [6.45, 7) is 8.08. The summed E-state index contributed by atoms with van der Waals surface area (Å²) in [6, 6.07) is 8.36. The Morgan fingerprint density at radius 3 is 2.67 bits per heavy atom. The Balaban J connectivity index is 2.00. The van der Waals surface area contributed by atoms with Gasteiger partial charge in [0.05, 0.1) is 6.54 Å². The Hall–Kier alpha value is -0.800. The zero-order valence-electron chi connectivity index (χ0n) is 11.3. The van der Waals surface area contributed by atoms with Gasteiger partial charge in [0.15, 0.2) is 5.78 Å². The molecule has 18 heavy (non-hydrogen) atoms. The molecule has 0 N–H and O–H groups in total. The van der Waals surface area contributed by atoms with E-state index in [4.69, 9.17) is 0 Å². The second kappa shape index (κ2) is 5.89. The van der Waals surface area contributed by atoms with Crippen LogP contribution in [0.3, 0.4) is 0 Å². The second-order valence-corrected chi connectivity index (χ2v) is 6.56. The molecule has 1 aromatic rings. The van der Waals surface area contributed by atoms with Gasteiger partial charge >= 0.3 is 0 Å². The Morgan fingerprint density at radius 1 is 1.33 bits per heavy atom. The Bertz CT molecular complexity index is 415. The zero-order chi connectivity index (χ0) is 13.1. The summed E-state index contributed by atoms with van der Waals surface area (Å²) in [7, 11) is 0. The van der Waals surface area contributed by atoms with Crippen molar-refractivity contribution in [3.8, 4) is 0 Å². The van der Waals surface area contributed by atoms with Crippen LogP contribution in [0.4, 0.5) is 0 Å². The number of hydrogen-bond acceptors (Lipinski definition) is 3. The van der Waals surface area contributed by atoms with Gasteiger partial charge < -0.3 is 0 Å². The van der Waals surface area contributed by atoms with Crippen LogP contribution in [0.1, 0.15) is 29.8 Å². The minimum Gasteiger partial charge on any atom is -0.293 e. The molecule has 98 valence electrons. The number of hydrogen-bond donors (Lipinski definition) is 0. The molecule has 0 aromatic heterocycles. The molecule has 2 rings (SSSR count). The first-order valence-electron chi connectivity index (χ1n) is 6.53. The summed E-state index contributed by atoms with van der Waals surface area (Å²) in [5, 5.41) is 0.615. The summed E-state index contributed by atoms with van der Waals surface area (Å²) in [5.41, 5.74) is 2.03. The van der Waals surface area contributed by atoms with Crippen molar-refractivity contribution in [1.82, 2.24) is 4.90 Å². The summed E-state index contributed by atoms with van der Waals surface area (Å²) in [6.07, 6.45) is 0. The van der Waals surface area contributed by atoms with Gasteiger partial charge in [0.1, 0.15) is 0 Å². The molecule has 1 heterocycles. The molecule has 3 heteroatoms. The molecule has 0 bridgehead atoms. The second-order valence-electron chi connectivity index (χ2n) is 5.08. The summed E-state index contributed by atoms with van der Waals surface area (Å²) in [5.74, 6) is 1.37. The number of ketones is 1. The molecule has 0 amide bonds. The van der Waals surface area contributed by atoms with E-state index >= 15 is 0 Å². The fourth-order valence-corrected chi connectivity index (χ4v) is 3.40. The van der Waals surface area contributed by atoms with E-state index in [2.05, 4.69) is 18.7 Å². The van der Waals surface area contributed by atoms with E-state index in [1.54, 1.807) is 0 Å². The zero-order valence-corrected chi connectivity index (χ0v) is 12.2. The van der Waals surface area contributed by atoms with Crippen molar-refractivity contribution in [2.45, 2.75) is 32.1 Å². The van der Waals surface area contributed by atoms with Crippen LogP contribution in [0.5, 0.6) is 0 Å². The molecular weight excluding hydrogens is 242 g/mol. The number of rotatable bonds is 3. The number of aryl methyl sites for hydroxylation is 1. The third-order valence-corrected chi connectivity index (χ3v) is 5.07. The van der Waals surface area contributed by atoms with Crippen LogP contribution in [-0.4, -0.2) is 40.8 Å². The maximum Gasteiger partial charge on any atom is 0.176 e. The van der Waals surface area contributed by atoms with Gasteiger partial charge in [0.2, 0.25) is 0 Å². The average Bonchev–Trinajstić information content (AvgIpc) is 2.36. The predicted octanol–water partition coefficient (Wildman–Crippen LogP) is 3.00. The van der Waals surface area contributed by atoms with Crippen molar-refractivity contribution >= 4 is 17.5 Å². The van der Waals surface area contributed by atoms with E-state index in [1.807, 2.05) is 43.0 Å². The van der Waals surface area contributed by atoms with E-state index < -0.39 is 0 Å². The Kier molecular flexibility index (Phi) is 4.46. The van der Waals surface area contributed by atoms with Crippen LogP contribution in [0.2, 0.25) is 0 Å². The smallest absolute Gasteiger partial charge is 0.176 e. The van der Waals surface area contributed by atoms with Gasteiger partial charge in [-0.15, -0.1) is 0 Å². The lowest BCUT2D eigenvalue weighted by atomic mass is 10.1. The summed E-state index contributed by atoms with van der Waals surface area (Å²) >= 11 is 2.00. The minimum absolute atomic E-state index is 0.237. The van der Waals surface area contributed by atoms with Gasteiger partial charge in [-0.1, -0.05) is 36.8 Å². The molecule has 1 saturated heterocycles. The van der Waals surface area contributed by atoms with Gasteiger partial charge in [0.25, 0.3) is 0 Å². The van der Waals surface area contributed by atoms with Crippen LogP contribution in [0.25, 0.3) is 0 Å². The van der Waals surface area contributed by atoms with E-state index in [0.29, 0.717) is 17.8 Å². The van der Waals surface area contributed by atoms with E-state index in [-0.39, 0.29) is 5.78 Å². The van der Waals surface area contributed by atoms with Gasteiger partial charge in [-0.2, -0.15) is 11.8 Å². The lowest BCUT2D eigenvalue weighted by Gasteiger charge is -2.36. The number of thioether (sulfide) groups is 1. The normalized spacial score (nSPS) is 25.1. The largest absolute Gasteiger partial charge is 0.293 e. The highest BCUT2D eigenvalue weighted by atomic mass is 32.2. The maximum atomic E-state index is 12.2. The van der Waals surface area contributed by atoms with E-state index in [0.717, 1.165) is 17.9 Å². The molecule has 2 nitrogen and oxygen atoms in total. The standard InChI is InChI=1S/C15H21NOS/c1-11-4-6-14(7-5-11)15(17)10-16-8-9-18-13(3)12(16)2/h4-7,12-13H,8-10H2,1-3H3. The van der Waals surface area contributed by atoms with Crippen molar-refractivity contribution in [3.05, 3.63) is 35.4 Å². The summed E-state index contributed by atoms with van der Waals surface area (Å²) < 4.78 is 0. The van der Waals surface area contributed by atoms with E-state index in [1.165, 1.54) is 5.56 Å². The molecule has 1 fully saturated rings. The van der Waals surface area contributed by atoms with E-state index in [9.17, 15) is 4.79 Å². The number of benzene rings is 1. The third-order valence-electron chi connectivity index (χ3n) is 3.73. The molecule has 2 atom stereocenters. The van der Waals surface area contributed by atoms with Gasteiger partial charge in [-0.25, -0.2) is 0 Å². The number of Topliss-reactive ketones (excluding diaryl/α,β-unsaturated/α-hetero) is 1. The van der Waals surface area contributed by atoms with Crippen LogP contribution in [-0.2, 0) is 0 Å². The van der Waals surface area contributed by atoms with Crippen LogP contribution in [0, 0.1) is 6.92 Å². The highest BCUT2D eigenvalue weighted by Crippen LogP contribution is 2.24. The maximum absolute atomic E-state index is 12.2. The fraction of sp³-hybridized carbons (Fsp3) is 0.533. The molecule has 1 aliphatic rings. The number of carbonyl (C=O) groups is 1. The third kappa shape index (κ3) is 3.15. The van der Waals surface area contributed by atoms with Crippen LogP contribution < -0.4 is 0 Å². The molecular formula is C15H21NOS. The summed E-state index contributed by atoms with van der Waals surface area (Å²) in [4.78, 5) is 14.5. The monoisotopic (exact) mass is 263 g/mol. The Labute approximate surface area is 114 Å². The fourth-order valence-electron chi connectivity index (χ4n) is 2.23. The molecule has 1 aromatic carbocycles. The molecule has 0 aliphatic carbocycles. The number of carbonyl (C=O) groups excluding carboxylic acids is 1. The van der Waals surface area contributed by atoms with Gasteiger partial charge in [0, 0.05) is 29.2 Å². The van der Waals surface area contributed by atoms with Crippen molar-refractivity contribution in [2.24, 2.45) is 0 Å². The molecule has 2 unspecified atom stereocenters. The topological polar surface area (TPSA) is 20.3 Å². The predicted molar refractivity (Wildman–Crippen MR) is 78.5 cm³/mol. The van der Waals surface area contributed by atoms with Crippen molar-refractivity contribution in [2.75, 3.05) is 18.8 Å². The molecule has 0 radical (unpaired) electrons. The minimum atomic E-state index is 0.237. The average molecular weight is 263 g/mol. The molecule has 0 spiro atoms. The van der Waals surface area contributed by atoms with Crippen molar-refractivity contribution in [3.63, 3.8) is 0 Å². The van der Waals surface area contributed by atoms with Crippen LogP contribution >= 0.6 is 11.8 Å². The Morgan fingerprint density at radius 2 is 2.00 bits per heavy atom. The van der Waals surface area contributed by atoms with Gasteiger partial charge in [-0.05, 0) is 13.8 Å². The molecule has 1 aliphatic heterocycles. The lowest BCUT2D eigenvalue weighted by molar-refractivity contribution is 0.0902. The SMILES string of the molecule is Cc1ccc(C(=O)CN2CCSC(C)C2C)cc1. The van der Waals surface area contributed by atoms with Crippen molar-refractivity contribution < 1.29 is 4.79 Å². The highest BCUT2D eigenvalue weighted by Gasteiger charge is 2.26. The first-order valence-corrected chi connectivity index (χ1v) is 7.58. The number of nitrogens with zero attached hydrogens (tertiary/aromatic N) is 1. The quantitative estimate of drug-likeness (QED) is 0.782. The first-order chi connectivity index (χ1) is 8.58. The lowest BCUT2D eigenvalue weighted by Crippen LogP contribution is -2.46. The molecule has 0 saturated carbocycles.